The number of fused-ring (bicyclic) bond motifs is 10. The van der Waals surface area contributed by atoms with Crippen molar-refractivity contribution in [3.8, 4) is 22.3 Å². The summed E-state index contributed by atoms with van der Waals surface area (Å²) in [5, 5.41) is 0. The quantitative estimate of drug-likeness (QED) is 0.209. The zero-order valence-electron chi connectivity index (χ0n) is 16.1. The third-order valence-corrected chi connectivity index (χ3v) is 7.54. The minimum absolute atomic E-state index is 0.386. The lowest BCUT2D eigenvalue weighted by Crippen LogP contribution is -2.27. The van der Waals surface area contributed by atoms with E-state index in [1.807, 2.05) is 6.20 Å². The van der Waals surface area contributed by atoms with Crippen molar-refractivity contribution >= 4 is 31.9 Å². The van der Waals surface area contributed by atoms with Crippen LogP contribution in [0.1, 0.15) is 33.5 Å². The van der Waals surface area contributed by atoms with E-state index in [-0.39, 0.29) is 5.41 Å². The molecule has 0 amide bonds. The van der Waals surface area contributed by atoms with E-state index in [1.54, 1.807) is 0 Å². The summed E-state index contributed by atoms with van der Waals surface area (Å²) in [4.78, 5) is 5.00. The molecule has 6 rings (SSSR count). The number of pyridine rings is 1. The van der Waals surface area contributed by atoms with Crippen LogP contribution in [0.25, 0.3) is 22.3 Å². The van der Waals surface area contributed by atoms with E-state index in [0.717, 1.165) is 14.6 Å². The van der Waals surface area contributed by atoms with Gasteiger partial charge in [-0.1, -0.05) is 62.2 Å². The first kappa shape index (κ1) is 17.6. The third-order valence-electron chi connectivity index (χ3n) is 6.55. The first-order valence-electron chi connectivity index (χ1n) is 9.70. The van der Waals surface area contributed by atoms with Crippen molar-refractivity contribution in [2.24, 2.45) is 0 Å². The lowest BCUT2D eigenvalue weighted by Gasteiger charge is -2.30. The summed E-state index contributed by atoms with van der Waals surface area (Å²) < 4.78 is 2.19. The maximum Gasteiger partial charge on any atom is 0.0899 e. The number of aromatic nitrogens is 1. The van der Waals surface area contributed by atoms with Crippen molar-refractivity contribution in [1.82, 2.24) is 4.98 Å². The Labute approximate surface area is 187 Å². The largest absolute Gasteiger partial charge is 0.259 e. The molecule has 0 aliphatic heterocycles. The Morgan fingerprint density at radius 1 is 0.655 bits per heavy atom. The molecule has 1 aromatic heterocycles. The summed E-state index contributed by atoms with van der Waals surface area (Å²) in [5.41, 5.74) is 12.5. The van der Waals surface area contributed by atoms with Gasteiger partial charge in [-0.3, -0.25) is 4.98 Å². The molecule has 2 aliphatic carbocycles. The lowest BCUT2D eigenvalue weighted by molar-refractivity contribution is 0.758. The number of hydrogen-bond donors (Lipinski definition) is 0. The lowest BCUT2D eigenvalue weighted by atomic mass is 9.72. The van der Waals surface area contributed by atoms with E-state index in [0.29, 0.717) is 0 Å². The topological polar surface area (TPSA) is 12.9 Å². The van der Waals surface area contributed by atoms with Crippen molar-refractivity contribution in [3.63, 3.8) is 0 Å². The number of nitrogens with zero attached hydrogens (tertiary/aromatic N) is 1. The SMILES string of the molecule is Cc1cc2c(cc1C)C1(c3cc(Br)ccc3-c3ccc(Br)cc31)c1ncccc1-2. The number of benzene rings is 3. The van der Waals surface area contributed by atoms with Crippen LogP contribution in [0.5, 0.6) is 0 Å². The van der Waals surface area contributed by atoms with Gasteiger partial charge in [-0.05, 0) is 88.7 Å². The molecular formula is C26H17Br2N. The molecule has 140 valence electrons. The Morgan fingerprint density at radius 3 is 1.90 bits per heavy atom. The van der Waals surface area contributed by atoms with Crippen LogP contribution in [-0.4, -0.2) is 4.98 Å². The number of hydrogen-bond acceptors (Lipinski definition) is 1. The second kappa shape index (κ2) is 5.90. The van der Waals surface area contributed by atoms with Gasteiger partial charge < -0.3 is 0 Å². The van der Waals surface area contributed by atoms with E-state index in [2.05, 4.69) is 106 Å². The Hall–Kier alpha value is -2.23. The fourth-order valence-electron chi connectivity index (χ4n) is 5.21. The van der Waals surface area contributed by atoms with E-state index >= 15 is 0 Å². The highest BCUT2D eigenvalue weighted by atomic mass is 79.9. The van der Waals surface area contributed by atoms with Crippen molar-refractivity contribution < 1.29 is 0 Å². The number of rotatable bonds is 0. The second-order valence-corrected chi connectivity index (χ2v) is 9.84. The molecule has 0 saturated carbocycles. The molecule has 0 bridgehead atoms. The third kappa shape index (κ3) is 2.13. The molecule has 3 heteroatoms. The van der Waals surface area contributed by atoms with Gasteiger partial charge in [0.1, 0.15) is 0 Å². The Balaban J connectivity index is 1.88. The van der Waals surface area contributed by atoms with E-state index < -0.39 is 0 Å². The highest BCUT2D eigenvalue weighted by Crippen LogP contribution is 2.62. The van der Waals surface area contributed by atoms with Crippen LogP contribution in [0.15, 0.2) is 75.8 Å². The molecule has 0 fully saturated rings. The predicted molar refractivity (Wildman–Crippen MR) is 125 cm³/mol. The summed E-state index contributed by atoms with van der Waals surface area (Å²) in [5.74, 6) is 0. The van der Waals surface area contributed by atoms with Crippen LogP contribution >= 0.6 is 31.9 Å². The van der Waals surface area contributed by atoms with Crippen molar-refractivity contribution in [3.05, 3.63) is 109 Å². The van der Waals surface area contributed by atoms with Gasteiger partial charge in [0.15, 0.2) is 0 Å². The number of aryl methyl sites for hydroxylation is 2. The standard InChI is InChI=1S/C26H17Br2N/c1-14-10-21-20-4-3-9-29-25(20)26(22(21)11-15(14)2)23-12-16(27)5-7-18(23)19-8-6-17(28)13-24(19)26/h3-13H,1-2H3. The van der Waals surface area contributed by atoms with Crippen LogP contribution in [0.3, 0.4) is 0 Å². The molecule has 0 N–H and O–H groups in total. The van der Waals surface area contributed by atoms with Crippen LogP contribution in [0.4, 0.5) is 0 Å². The molecular weight excluding hydrogens is 486 g/mol. The highest BCUT2D eigenvalue weighted by molar-refractivity contribution is 9.10. The summed E-state index contributed by atoms with van der Waals surface area (Å²) in [6.45, 7) is 4.40. The highest BCUT2D eigenvalue weighted by Gasteiger charge is 2.53. The van der Waals surface area contributed by atoms with Crippen LogP contribution < -0.4 is 0 Å². The molecule has 2 aliphatic rings. The van der Waals surface area contributed by atoms with Gasteiger partial charge in [-0.25, -0.2) is 0 Å². The van der Waals surface area contributed by atoms with Gasteiger partial charge in [0.2, 0.25) is 0 Å². The maximum absolute atomic E-state index is 5.00. The van der Waals surface area contributed by atoms with Gasteiger partial charge in [0.25, 0.3) is 0 Å². The van der Waals surface area contributed by atoms with Crippen LogP contribution in [-0.2, 0) is 5.41 Å². The molecule has 0 unspecified atom stereocenters. The normalized spacial score (nSPS) is 14.5. The van der Waals surface area contributed by atoms with Crippen LogP contribution in [0, 0.1) is 13.8 Å². The van der Waals surface area contributed by atoms with Crippen molar-refractivity contribution in [2.75, 3.05) is 0 Å². The van der Waals surface area contributed by atoms with E-state index in [1.165, 1.54) is 50.1 Å². The summed E-state index contributed by atoms with van der Waals surface area (Å²) in [6.07, 6.45) is 1.93. The Kier molecular flexibility index (Phi) is 3.58. The molecule has 0 radical (unpaired) electrons. The maximum atomic E-state index is 5.00. The summed E-state index contributed by atoms with van der Waals surface area (Å²) in [7, 11) is 0. The van der Waals surface area contributed by atoms with Crippen LogP contribution in [0.2, 0.25) is 0 Å². The minimum atomic E-state index is -0.386. The molecule has 1 nitrogen and oxygen atoms in total. The fourth-order valence-corrected chi connectivity index (χ4v) is 5.93. The van der Waals surface area contributed by atoms with E-state index in [4.69, 9.17) is 4.98 Å². The monoisotopic (exact) mass is 501 g/mol. The summed E-state index contributed by atoms with van der Waals surface area (Å²) >= 11 is 7.46. The van der Waals surface area contributed by atoms with E-state index in [9.17, 15) is 0 Å². The Morgan fingerprint density at radius 2 is 1.24 bits per heavy atom. The van der Waals surface area contributed by atoms with Gasteiger partial charge in [0.05, 0.1) is 11.1 Å². The van der Waals surface area contributed by atoms with Gasteiger partial charge in [-0.2, -0.15) is 0 Å². The zero-order valence-corrected chi connectivity index (χ0v) is 19.2. The molecule has 4 aromatic rings. The molecule has 29 heavy (non-hydrogen) atoms. The second-order valence-electron chi connectivity index (χ2n) is 8.01. The van der Waals surface area contributed by atoms with Crippen molar-refractivity contribution in [2.45, 2.75) is 19.3 Å². The molecule has 3 aromatic carbocycles. The molecule has 0 saturated heterocycles. The first-order valence-corrected chi connectivity index (χ1v) is 11.3. The zero-order chi connectivity index (χ0) is 19.9. The first-order chi connectivity index (χ1) is 14.0. The smallest absolute Gasteiger partial charge is 0.0899 e. The molecule has 1 heterocycles. The van der Waals surface area contributed by atoms with Gasteiger partial charge in [-0.15, -0.1) is 0 Å². The van der Waals surface area contributed by atoms with Crippen molar-refractivity contribution in [1.29, 1.82) is 0 Å². The van der Waals surface area contributed by atoms with Gasteiger partial charge in [0, 0.05) is 20.7 Å². The molecule has 1 spiro atoms. The predicted octanol–water partition coefficient (Wildman–Crippen LogP) is 7.57. The average molecular weight is 503 g/mol. The average Bonchev–Trinajstić information content (AvgIpc) is 3.14. The number of halogens is 2. The fraction of sp³-hybridized carbons (Fsp3) is 0.115. The summed E-state index contributed by atoms with van der Waals surface area (Å²) in [6, 6.07) is 22.3. The Bertz CT molecular complexity index is 1300. The molecule has 0 atom stereocenters. The van der Waals surface area contributed by atoms with Gasteiger partial charge >= 0.3 is 0 Å². The minimum Gasteiger partial charge on any atom is -0.259 e.